The Bertz CT molecular complexity index is 236. The highest BCUT2D eigenvalue weighted by Crippen LogP contribution is 2.26. The molecule has 0 aliphatic heterocycles. The maximum Gasteiger partial charge on any atom is 0.315 e. The van der Waals surface area contributed by atoms with E-state index in [2.05, 4.69) is 31.4 Å². The average Bonchev–Trinajstić information content (AvgIpc) is 2.80. The summed E-state index contributed by atoms with van der Waals surface area (Å²) in [7, 11) is 0. The Balaban J connectivity index is 2.25. The van der Waals surface area contributed by atoms with E-state index in [-0.39, 0.29) is 11.4 Å². The zero-order chi connectivity index (χ0) is 12.7. The van der Waals surface area contributed by atoms with Crippen molar-refractivity contribution < 1.29 is 4.79 Å². The van der Waals surface area contributed by atoms with Crippen molar-refractivity contribution >= 4 is 6.03 Å². The summed E-state index contributed by atoms with van der Waals surface area (Å²) >= 11 is 0. The van der Waals surface area contributed by atoms with Gasteiger partial charge in [0.05, 0.1) is 0 Å². The summed E-state index contributed by atoms with van der Waals surface area (Å²) in [5.41, 5.74) is 0.252. The molecule has 0 saturated heterocycles. The minimum atomic E-state index is 0.0210. The molecule has 0 spiro atoms. The third-order valence-corrected chi connectivity index (χ3v) is 4.07. The molecule has 0 aromatic rings. The predicted octanol–water partition coefficient (Wildman–Crippen LogP) is 3.44. The fourth-order valence-corrected chi connectivity index (χ4v) is 2.59. The highest BCUT2D eigenvalue weighted by molar-refractivity contribution is 5.74. The zero-order valence-corrected chi connectivity index (χ0v) is 11.6. The third kappa shape index (κ3) is 4.97. The molecule has 1 unspecified atom stereocenters. The number of hydrogen-bond acceptors (Lipinski definition) is 1. The van der Waals surface area contributed by atoms with Gasteiger partial charge in [-0.1, -0.05) is 40.0 Å². The molecule has 100 valence electrons. The molecular weight excluding hydrogens is 212 g/mol. The molecule has 3 nitrogen and oxygen atoms in total. The molecule has 0 aromatic heterocycles. The molecule has 1 fully saturated rings. The second kappa shape index (κ2) is 6.87. The summed E-state index contributed by atoms with van der Waals surface area (Å²) in [6.45, 7) is 7.45. The monoisotopic (exact) mass is 240 g/mol. The van der Waals surface area contributed by atoms with Gasteiger partial charge in [-0.05, 0) is 31.1 Å². The molecule has 1 rings (SSSR count). The summed E-state index contributed by atoms with van der Waals surface area (Å²) < 4.78 is 0. The molecule has 1 atom stereocenters. The lowest BCUT2D eigenvalue weighted by atomic mass is 9.83. The number of nitrogens with one attached hydrogen (secondary N) is 2. The summed E-state index contributed by atoms with van der Waals surface area (Å²) in [6, 6.07) is 0.432. The van der Waals surface area contributed by atoms with Crippen LogP contribution in [0.3, 0.4) is 0 Å². The average molecular weight is 240 g/mol. The first-order valence-corrected chi connectivity index (χ1v) is 7.14. The topological polar surface area (TPSA) is 41.1 Å². The molecule has 2 N–H and O–H groups in total. The molecular formula is C14H28N2O. The summed E-state index contributed by atoms with van der Waals surface area (Å²) in [4.78, 5) is 11.7. The van der Waals surface area contributed by atoms with Crippen molar-refractivity contribution in [2.75, 3.05) is 6.54 Å². The SMILES string of the molecule is CCCC(C)(CC)CNC(=O)NC1CCCC1. The van der Waals surface area contributed by atoms with Crippen LogP contribution in [-0.2, 0) is 0 Å². The molecule has 0 radical (unpaired) electrons. The van der Waals surface area contributed by atoms with E-state index in [1.54, 1.807) is 0 Å². The molecule has 0 heterocycles. The van der Waals surface area contributed by atoms with Gasteiger partial charge < -0.3 is 10.6 Å². The van der Waals surface area contributed by atoms with Gasteiger partial charge in [0.15, 0.2) is 0 Å². The van der Waals surface area contributed by atoms with Crippen LogP contribution in [0.5, 0.6) is 0 Å². The van der Waals surface area contributed by atoms with Crippen molar-refractivity contribution in [3.63, 3.8) is 0 Å². The normalized spacial score (nSPS) is 19.9. The minimum Gasteiger partial charge on any atom is -0.338 e. The molecule has 1 saturated carbocycles. The fourth-order valence-electron chi connectivity index (χ4n) is 2.59. The second-order valence-corrected chi connectivity index (χ2v) is 5.72. The van der Waals surface area contributed by atoms with Crippen molar-refractivity contribution in [1.82, 2.24) is 10.6 Å². The number of amides is 2. The molecule has 3 heteroatoms. The Kier molecular flexibility index (Phi) is 5.79. The first kappa shape index (κ1) is 14.3. The minimum absolute atomic E-state index is 0.0210. The van der Waals surface area contributed by atoms with Gasteiger partial charge in [0.1, 0.15) is 0 Å². The van der Waals surface area contributed by atoms with Crippen LogP contribution >= 0.6 is 0 Å². The van der Waals surface area contributed by atoms with Gasteiger partial charge in [-0.25, -0.2) is 4.79 Å². The van der Waals surface area contributed by atoms with Gasteiger partial charge in [0, 0.05) is 12.6 Å². The second-order valence-electron chi connectivity index (χ2n) is 5.72. The molecule has 0 bridgehead atoms. The molecule has 1 aliphatic carbocycles. The third-order valence-electron chi connectivity index (χ3n) is 4.07. The van der Waals surface area contributed by atoms with E-state index >= 15 is 0 Å². The van der Waals surface area contributed by atoms with E-state index in [0.29, 0.717) is 6.04 Å². The lowest BCUT2D eigenvalue weighted by Gasteiger charge is -2.28. The van der Waals surface area contributed by atoms with Gasteiger partial charge in [0.25, 0.3) is 0 Å². The largest absolute Gasteiger partial charge is 0.338 e. The van der Waals surface area contributed by atoms with E-state index < -0.39 is 0 Å². The van der Waals surface area contributed by atoms with Crippen LogP contribution in [0.1, 0.15) is 65.7 Å². The molecule has 0 aromatic carbocycles. The van der Waals surface area contributed by atoms with Crippen LogP contribution in [0, 0.1) is 5.41 Å². The number of urea groups is 1. The standard InChI is InChI=1S/C14H28N2O/c1-4-10-14(3,5-2)11-15-13(17)16-12-8-6-7-9-12/h12H,4-11H2,1-3H3,(H2,15,16,17). The van der Waals surface area contributed by atoms with Gasteiger partial charge in [-0.2, -0.15) is 0 Å². The van der Waals surface area contributed by atoms with Crippen LogP contribution in [0.2, 0.25) is 0 Å². The number of carbonyl (C=O) groups excluding carboxylic acids is 1. The first-order valence-electron chi connectivity index (χ1n) is 7.14. The molecule has 1 aliphatic rings. The van der Waals surface area contributed by atoms with E-state index in [4.69, 9.17) is 0 Å². The highest BCUT2D eigenvalue weighted by Gasteiger charge is 2.22. The van der Waals surface area contributed by atoms with E-state index in [1.165, 1.54) is 25.7 Å². The fraction of sp³-hybridized carbons (Fsp3) is 0.929. The maximum absolute atomic E-state index is 11.7. The molecule has 17 heavy (non-hydrogen) atoms. The Morgan fingerprint density at radius 2 is 1.94 bits per heavy atom. The van der Waals surface area contributed by atoms with Gasteiger partial charge in [-0.3, -0.25) is 0 Å². The van der Waals surface area contributed by atoms with Crippen LogP contribution < -0.4 is 10.6 Å². The lowest BCUT2D eigenvalue weighted by Crippen LogP contribution is -2.44. The van der Waals surface area contributed by atoms with Crippen LogP contribution in [0.4, 0.5) is 4.79 Å². The lowest BCUT2D eigenvalue weighted by molar-refractivity contribution is 0.221. The van der Waals surface area contributed by atoms with Crippen molar-refractivity contribution in [1.29, 1.82) is 0 Å². The number of hydrogen-bond donors (Lipinski definition) is 2. The quantitative estimate of drug-likeness (QED) is 0.733. The highest BCUT2D eigenvalue weighted by atomic mass is 16.2. The van der Waals surface area contributed by atoms with Crippen LogP contribution in [0.15, 0.2) is 0 Å². The Morgan fingerprint density at radius 1 is 1.29 bits per heavy atom. The summed E-state index contributed by atoms with van der Waals surface area (Å²) in [5, 5.41) is 6.10. The smallest absolute Gasteiger partial charge is 0.315 e. The predicted molar refractivity (Wildman–Crippen MR) is 72.1 cm³/mol. The number of rotatable bonds is 6. The first-order chi connectivity index (χ1) is 8.09. The maximum atomic E-state index is 11.7. The van der Waals surface area contributed by atoms with Crippen molar-refractivity contribution in [2.24, 2.45) is 5.41 Å². The van der Waals surface area contributed by atoms with E-state index in [9.17, 15) is 4.79 Å². The Morgan fingerprint density at radius 3 is 2.47 bits per heavy atom. The van der Waals surface area contributed by atoms with Gasteiger partial charge in [0.2, 0.25) is 0 Å². The van der Waals surface area contributed by atoms with Crippen molar-refractivity contribution in [2.45, 2.75) is 71.8 Å². The number of carbonyl (C=O) groups is 1. The van der Waals surface area contributed by atoms with Crippen LogP contribution in [0.25, 0.3) is 0 Å². The van der Waals surface area contributed by atoms with Gasteiger partial charge >= 0.3 is 6.03 Å². The Labute approximate surface area is 106 Å². The summed E-state index contributed by atoms with van der Waals surface area (Å²) in [6.07, 6.45) is 8.27. The summed E-state index contributed by atoms with van der Waals surface area (Å²) in [5.74, 6) is 0. The van der Waals surface area contributed by atoms with Crippen molar-refractivity contribution in [3.8, 4) is 0 Å². The van der Waals surface area contributed by atoms with Crippen molar-refractivity contribution in [3.05, 3.63) is 0 Å². The van der Waals surface area contributed by atoms with E-state index in [1.807, 2.05) is 0 Å². The van der Waals surface area contributed by atoms with Crippen LogP contribution in [-0.4, -0.2) is 18.6 Å². The molecule has 2 amide bonds. The zero-order valence-electron chi connectivity index (χ0n) is 11.6. The van der Waals surface area contributed by atoms with E-state index in [0.717, 1.165) is 25.8 Å². The Hall–Kier alpha value is -0.730. The van der Waals surface area contributed by atoms with Gasteiger partial charge in [-0.15, -0.1) is 0 Å².